The van der Waals surface area contributed by atoms with E-state index in [2.05, 4.69) is 10.1 Å². The molecule has 2 aliphatic heterocycles. The van der Waals surface area contributed by atoms with Crippen molar-refractivity contribution >= 4 is 12.0 Å². The minimum atomic E-state index is -0.411. The van der Waals surface area contributed by atoms with Crippen molar-refractivity contribution in [3.63, 3.8) is 0 Å². The Morgan fingerprint density at radius 1 is 1.43 bits per heavy atom. The maximum Gasteiger partial charge on any atom is 0.410 e. The van der Waals surface area contributed by atoms with Crippen LogP contribution in [0.1, 0.15) is 30.5 Å². The molecule has 2 saturated heterocycles. The number of hydrogen-bond acceptors (Lipinski definition) is 6. The van der Waals surface area contributed by atoms with Crippen LogP contribution < -0.4 is 0 Å². The third-order valence-electron chi connectivity index (χ3n) is 3.85. The first-order valence-corrected chi connectivity index (χ1v) is 7.13. The summed E-state index contributed by atoms with van der Waals surface area (Å²) in [5.41, 5.74) is 0. The van der Waals surface area contributed by atoms with E-state index < -0.39 is 6.09 Å². The van der Waals surface area contributed by atoms with Crippen molar-refractivity contribution < 1.29 is 18.8 Å². The second-order valence-corrected chi connectivity index (χ2v) is 5.39. The van der Waals surface area contributed by atoms with Gasteiger partial charge >= 0.3 is 6.09 Å². The Bertz CT molecular complexity index is 544. The van der Waals surface area contributed by atoms with Gasteiger partial charge in [0, 0.05) is 25.9 Å². The number of rotatable bonds is 3. The minimum Gasteiger partial charge on any atom is -0.448 e. The third-order valence-corrected chi connectivity index (χ3v) is 3.85. The summed E-state index contributed by atoms with van der Waals surface area (Å²) in [6, 6.07) is 0. The Labute approximate surface area is 122 Å². The van der Waals surface area contributed by atoms with Crippen LogP contribution in [-0.2, 0) is 9.53 Å². The van der Waals surface area contributed by atoms with Crippen LogP contribution in [0, 0.1) is 6.92 Å². The molecule has 114 valence electrons. The van der Waals surface area contributed by atoms with Crippen LogP contribution in [0.25, 0.3) is 0 Å². The first-order valence-electron chi connectivity index (χ1n) is 7.13. The molecule has 0 spiro atoms. The first-order chi connectivity index (χ1) is 10.1. The standard InChI is InChI=1S/C13H18N4O4/c1-9-14-12(15-21-9)10-3-2-4-16(7-10)11(18)8-17-5-6-20-13(17)19/h10H,2-8H2,1H3. The van der Waals surface area contributed by atoms with Crippen molar-refractivity contribution in [1.82, 2.24) is 19.9 Å². The number of carbonyl (C=O) groups excluding carboxylic acids is 2. The molecule has 1 atom stereocenters. The van der Waals surface area contributed by atoms with Crippen molar-refractivity contribution in [3.8, 4) is 0 Å². The highest BCUT2D eigenvalue weighted by Crippen LogP contribution is 2.25. The largest absolute Gasteiger partial charge is 0.448 e. The summed E-state index contributed by atoms with van der Waals surface area (Å²) < 4.78 is 9.83. The second kappa shape index (κ2) is 5.71. The zero-order chi connectivity index (χ0) is 14.8. The Balaban J connectivity index is 1.60. The molecule has 3 rings (SSSR count). The fraction of sp³-hybridized carbons (Fsp3) is 0.692. The molecule has 8 heteroatoms. The summed E-state index contributed by atoms with van der Waals surface area (Å²) in [6.07, 6.45) is 1.42. The SMILES string of the molecule is Cc1nc(C2CCCN(C(=O)CN3CCOC3=O)C2)no1. The topological polar surface area (TPSA) is 88.8 Å². The molecule has 0 bridgehead atoms. The summed E-state index contributed by atoms with van der Waals surface area (Å²) in [5.74, 6) is 1.24. The molecule has 2 amide bonds. The molecule has 2 fully saturated rings. The van der Waals surface area contributed by atoms with Gasteiger partial charge in [0.15, 0.2) is 5.82 Å². The number of amides is 2. The highest BCUT2D eigenvalue weighted by molar-refractivity contribution is 5.83. The Kier molecular flexibility index (Phi) is 3.76. The lowest BCUT2D eigenvalue weighted by molar-refractivity contribution is -0.133. The van der Waals surface area contributed by atoms with Gasteiger partial charge in [0.05, 0.1) is 6.54 Å². The van der Waals surface area contributed by atoms with Crippen molar-refractivity contribution in [2.24, 2.45) is 0 Å². The number of likely N-dealkylation sites (tertiary alicyclic amines) is 1. The van der Waals surface area contributed by atoms with Gasteiger partial charge < -0.3 is 14.2 Å². The van der Waals surface area contributed by atoms with Gasteiger partial charge in [-0.25, -0.2) is 4.79 Å². The second-order valence-electron chi connectivity index (χ2n) is 5.39. The van der Waals surface area contributed by atoms with Crippen LogP contribution in [0.3, 0.4) is 0 Å². The fourth-order valence-electron chi connectivity index (χ4n) is 2.73. The third kappa shape index (κ3) is 2.98. The molecule has 2 aliphatic rings. The van der Waals surface area contributed by atoms with Gasteiger partial charge in [0.1, 0.15) is 13.2 Å². The monoisotopic (exact) mass is 294 g/mol. The van der Waals surface area contributed by atoms with E-state index >= 15 is 0 Å². The summed E-state index contributed by atoms with van der Waals surface area (Å²) in [5, 5.41) is 3.94. The highest BCUT2D eigenvalue weighted by atomic mass is 16.6. The molecular weight excluding hydrogens is 276 g/mol. The molecule has 0 aromatic carbocycles. The van der Waals surface area contributed by atoms with Crippen LogP contribution in [-0.4, -0.2) is 64.7 Å². The lowest BCUT2D eigenvalue weighted by Crippen LogP contribution is -2.45. The smallest absolute Gasteiger partial charge is 0.410 e. The van der Waals surface area contributed by atoms with E-state index in [-0.39, 0.29) is 18.4 Å². The highest BCUT2D eigenvalue weighted by Gasteiger charge is 2.31. The Hall–Kier alpha value is -2.12. The average Bonchev–Trinajstić information content (AvgIpc) is 3.08. The molecule has 1 unspecified atom stereocenters. The van der Waals surface area contributed by atoms with Gasteiger partial charge in [-0.05, 0) is 12.8 Å². The van der Waals surface area contributed by atoms with Gasteiger partial charge in [0.2, 0.25) is 11.8 Å². The van der Waals surface area contributed by atoms with Crippen molar-refractivity contribution in [2.75, 3.05) is 32.8 Å². The van der Waals surface area contributed by atoms with E-state index in [4.69, 9.17) is 9.26 Å². The quantitative estimate of drug-likeness (QED) is 0.808. The molecule has 21 heavy (non-hydrogen) atoms. The number of cyclic esters (lactones) is 1. The van der Waals surface area contributed by atoms with Crippen LogP contribution in [0.15, 0.2) is 4.52 Å². The number of piperidine rings is 1. The molecule has 0 N–H and O–H groups in total. The molecule has 8 nitrogen and oxygen atoms in total. The molecule has 0 radical (unpaired) electrons. The maximum atomic E-state index is 12.3. The Morgan fingerprint density at radius 3 is 2.95 bits per heavy atom. The molecule has 0 aliphatic carbocycles. The predicted molar refractivity (Wildman–Crippen MR) is 70.5 cm³/mol. The van der Waals surface area contributed by atoms with E-state index in [1.165, 1.54) is 4.90 Å². The van der Waals surface area contributed by atoms with E-state index in [1.54, 1.807) is 11.8 Å². The van der Waals surface area contributed by atoms with Gasteiger partial charge in [-0.1, -0.05) is 5.16 Å². The minimum absolute atomic E-state index is 0.0567. The molecule has 1 aromatic rings. The van der Waals surface area contributed by atoms with E-state index in [0.717, 1.165) is 12.8 Å². The number of aryl methyl sites for hydroxylation is 1. The van der Waals surface area contributed by atoms with E-state index in [9.17, 15) is 9.59 Å². The summed E-state index contributed by atoms with van der Waals surface area (Å²) in [7, 11) is 0. The summed E-state index contributed by atoms with van der Waals surface area (Å²) in [4.78, 5) is 31.1. The van der Waals surface area contributed by atoms with E-state index in [0.29, 0.717) is 38.0 Å². The number of nitrogens with zero attached hydrogens (tertiary/aromatic N) is 4. The van der Waals surface area contributed by atoms with Gasteiger partial charge in [0.25, 0.3) is 0 Å². The summed E-state index contributed by atoms with van der Waals surface area (Å²) >= 11 is 0. The Morgan fingerprint density at radius 2 is 2.29 bits per heavy atom. The van der Waals surface area contributed by atoms with Gasteiger partial charge in [-0.3, -0.25) is 9.69 Å². The average molecular weight is 294 g/mol. The van der Waals surface area contributed by atoms with Crippen LogP contribution >= 0.6 is 0 Å². The van der Waals surface area contributed by atoms with Crippen LogP contribution in [0.2, 0.25) is 0 Å². The predicted octanol–water partition coefficient (Wildman–Crippen LogP) is 0.536. The maximum absolute atomic E-state index is 12.3. The molecule has 1 aromatic heterocycles. The molecular formula is C13H18N4O4. The molecule has 0 saturated carbocycles. The molecule has 3 heterocycles. The number of aromatic nitrogens is 2. The lowest BCUT2D eigenvalue weighted by Gasteiger charge is -2.32. The van der Waals surface area contributed by atoms with Crippen molar-refractivity contribution in [3.05, 3.63) is 11.7 Å². The zero-order valence-corrected chi connectivity index (χ0v) is 11.9. The van der Waals surface area contributed by atoms with Crippen molar-refractivity contribution in [2.45, 2.75) is 25.7 Å². The number of ether oxygens (including phenoxy) is 1. The van der Waals surface area contributed by atoms with Gasteiger partial charge in [-0.15, -0.1) is 0 Å². The fourth-order valence-corrected chi connectivity index (χ4v) is 2.73. The lowest BCUT2D eigenvalue weighted by atomic mass is 9.97. The number of hydrogen-bond donors (Lipinski definition) is 0. The summed E-state index contributed by atoms with van der Waals surface area (Å²) in [6.45, 7) is 3.94. The van der Waals surface area contributed by atoms with Crippen LogP contribution in [0.4, 0.5) is 4.79 Å². The van der Waals surface area contributed by atoms with Crippen LogP contribution in [0.5, 0.6) is 0 Å². The number of carbonyl (C=O) groups is 2. The normalized spacial score (nSPS) is 22.5. The zero-order valence-electron chi connectivity index (χ0n) is 11.9. The van der Waals surface area contributed by atoms with Gasteiger partial charge in [-0.2, -0.15) is 4.98 Å². The van der Waals surface area contributed by atoms with E-state index in [1.807, 2.05) is 0 Å². The first kappa shape index (κ1) is 13.8. The van der Waals surface area contributed by atoms with Crippen molar-refractivity contribution in [1.29, 1.82) is 0 Å².